The Morgan fingerprint density at radius 2 is 1.67 bits per heavy atom. The van der Waals surface area contributed by atoms with E-state index in [2.05, 4.69) is 0 Å². The van der Waals surface area contributed by atoms with Crippen molar-refractivity contribution in [2.45, 2.75) is 6.61 Å². The lowest BCUT2D eigenvalue weighted by molar-refractivity contribution is 0.0693. The SMILES string of the molecule is O=C(O)c1cc2ccc3c(c2c(-c2ccc4c(c2)OCO4)c1CO)OCO3. The van der Waals surface area contributed by atoms with Gasteiger partial charge in [0.1, 0.15) is 0 Å². The zero-order chi connectivity index (χ0) is 18.5. The first kappa shape index (κ1) is 15.8. The Kier molecular flexibility index (Phi) is 3.38. The van der Waals surface area contributed by atoms with Crippen LogP contribution in [0.3, 0.4) is 0 Å². The smallest absolute Gasteiger partial charge is 0.336 e. The molecule has 2 N–H and O–H groups in total. The minimum atomic E-state index is -1.11. The van der Waals surface area contributed by atoms with Gasteiger partial charge in [0, 0.05) is 10.9 Å². The van der Waals surface area contributed by atoms with E-state index in [0.717, 1.165) is 0 Å². The predicted octanol–water partition coefficient (Wildman–Crippen LogP) is 3.15. The lowest BCUT2D eigenvalue weighted by Crippen LogP contribution is -2.06. The molecule has 0 saturated heterocycles. The van der Waals surface area contributed by atoms with Crippen molar-refractivity contribution < 1.29 is 34.0 Å². The van der Waals surface area contributed by atoms with Gasteiger partial charge in [0.25, 0.3) is 0 Å². The number of benzene rings is 3. The first-order valence-corrected chi connectivity index (χ1v) is 8.29. The highest BCUT2D eigenvalue weighted by Gasteiger charge is 2.26. The number of carboxylic acid groups (broad SMARTS) is 1. The van der Waals surface area contributed by atoms with Crippen molar-refractivity contribution in [2.24, 2.45) is 0 Å². The van der Waals surface area contributed by atoms with Crippen molar-refractivity contribution in [1.29, 1.82) is 0 Å². The number of fused-ring (bicyclic) bond motifs is 4. The average molecular weight is 366 g/mol. The molecule has 0 radical (unpaired) electrons. The van der Waals surface area contributed by atoms with E-state index in [1.807, 2.05) is 6.07 Å². The Morgan fingerprint density at radius 1 is 0.926 bits per heavy atom. The molecule has 0 aliphatic carbocycles. The number of ether oxygens (including phenoxy) is 4. The summed E-state index contributed by atoms with van der Waals surface area (Å²) in [6, 6.07) is 10.4. The van der Waals surface area contributed by atoms with Crippen molar-refractivity contribution in [1.82, 2.24) is 0 Å². The molecule has 0 spiro atoms. The molecule has 0 unspecified atom stereocenters. The summed E-state index contributed by atoms with van der Waals surface area (Å²) in [5.41, 5.74) is 1.61. The van der Waals surface area contributed by atoms with Gasteiger partial charge in [0.15, 0.2) is 23.0 Å². The molecule has 27 heavy (non-hydrogen) atoms. The maximum Gasteiger partial charge on any atom is 0.336 e. The summed E-state index contributed by atoms with van der Waals surface area (Å²) in [5, 5.41) is 21.1. The molecule has 0 saturated carbocycles. The van der Waals surface area contributed by atoms with E-state index >= 15 is 0 Å². The normalized spacial score (nSPS) is 14.0. The Labute approximate surface area is 153 Å². The first-order chi connectivity index (χ1) is 13.2. The minimum absolute atomic E-state index is 0.0385. The molecule has 7 nitrogen and oxygen atoms in total. The Hall–Kier alpha value is -3.45. The van der Waals surface area contributed by atoms with Crippen molar-refractivity contribution >= 4 is 16.7 Å². The van der Waals surface area contributed by atoms with Gasteiger partial charge in [0.05, 0.1) is 12.2 Å². The maximum absolute atomic E-state index is 11.8. The van der Waals surface area contributed by atoms with Crippen LogP contribution in [-0.4, -0.2) is 29.8 Å². The van der Waals surface area contributed by atoms with Crippen LogP contribution in [-0.2, 0) is 6.61 Å². The zero-order valence-electron chi connectivity index (χ0n) is 14.0. The summed E-state index contributed by atoms with van der Waals surface area (Å²) in [6.07, 6.45) is 0. The van der Waals surface area contributed by atoms with Gasteiger partial charge in [-0.3, -0.25) is 0 Å². The molecule has 0 atom stereocenters. The van der Waals surface area contributed by atoms with Gasteiger partial charge in [-0.2, -0.15) is 0 Å². The molecule has 0 bridgehead atoms. The zero-order valence-corrected chi connectivity index (χ0v) is 14.0. The van der Waals surface area contributed by atoms with Crippen molar-refractivity contribution in [3.8, 4) is 34.1 Å². The molecule has 2 aliphatic rings. The number of carbonyl (C=O) groups is 1. The third kappa shape index (κ3) is 2.29. The van der Waals surface area contributed by atoms with E-state index in [0.29, 0.717) is 50.5 Å². The van der Waals surface area contributed by atoms with E-state index in [-0.39, 0.29) is 19.1 Å². The molecule has 3 aromatic carbocycles. The van der Waals surface area contributed by atoms with Crippen molar-refractivity contribution in [2.75, 3.05) is 13.6 Å². The number of aliphatic hydroxyl groups is 1. The Morgan fingerprint density at radius 3 is 2.48 bits per heavy atom. The molecule has 0 amide bonds. The summed E-state index contributed by atoms with van der Waals surface area (Å²) in [4.78, 5) is 11.8. The standard InChI is InChI=1S/C20H14O7/c21-7-13-12(20(22)23)5-10-2-4-15-19(27-9-25-15)18(10)17(13)11-1-3-14-16(6-11)26-8-24-14/h1-6,21H,7-9H2,(H,22,23). The fourth-order valence-corrected chi connectivity index (χ4v) is 3.62. The summed E-state index contributed by atoms with van der Waals surface area (Å²) in [7, 11) is 0. The van der Waals surface area contributed by atoms with E-state index in [4.69, 9.17) is 18.9 Å². The van der Waals surface area contributed by atoms with Crippen LogP contribution >= 0.6 is 0 Å². The fourth-order valence-electron chi connectivity index (χ4n) is 3.62. The van der Waals surface area contributed by atoms with Gasteiger partial charge in [-0.1, -0.05) is 12.1 Å². The molecule has 136 valence electrons. The number of carboxylic acids is 1. The van der Waals surface area contributed by atoms with Gasteiger partial charge in [-0.25, -0.2) is 4.79 Å². The molecule has 2 heterocycles. The largest absolute Gasteiger partial charge is 0.478 e. The molecule has 5 rings (SSSR count). The number of hydrogen-bond acceptors (Lipinski definition) is 6. The second kappa shape index (κ2) is 5.78. The molecule has 0 aromatic heterocycles. The number of hydrogen-bond donors (Lipinski definition) is 2. The third-order valence-electron chi connectivity index (χ3n) is 4.80. The van der Waals surface area contributed by atoms with Gasteiger partial charge < -0.3 is 29.2 Å². The Bertz CT molecular complexity index is 1100. The number of rotatable bonds is 3. The monoisotopic (exact) mass is 366 g/mol. The fraction of sp³-hybridized carbons (Fsp3) is 0.150. The number of aromatic carboxylic acids is 1. The predicted molar refractivity (Wildman–Crippen MR) is 94.5 cm³/mol. The topological polar surface area (TPSA) is 94.5 Å². The lowest BCUT2D eigenvalue weighted by Gasteiger charge is -2.17. The summed E-state index contributed by atoms with van der Waals surface area (Å²) in [6.45, 7) is -0.218. The molecular weight excluding hydrogens is 352 g/mol. The van der Waals surface area contributed by atoms with Crippen LogP contribution < -0.4 is 18.9 Å². The average Bonchev–Trinajstić information content (AvgIpc) is 3.34. The molecule has 3 aromatic rings. The van der Waals surface area contributed by atoms with Crippen LogP contribution in [0.1, 0.15) is 15.9 Å². The summed E-state index contributed by atoms with van der Waals surface area (Å²) < 4.78 is 22.0. The second-order valence-corrected chi connectivity index (χ2v) is 6.21. The van der Waals surface area contributed by atoms with Crippen molar-refractivity contribution in [3.05, 3.63) is 47.5 Å². The van der Waals surface area contributed by atoms with Crippen LogP contribution in [0.5, 0.6) is 23.0 Å². The van der Waals surface area contributed by atoms with Gasteiger partial charge >= 0.3 is 5.97 Å². The summed E-state index contributed by atoms with van der Waals surface area (Å²) in [5.74, 6) is 1.19. The second-order valence-electron chi connectivity index (χ2n) is 6.21. The van der Waals surface area contributed by atoms with E-state index in [9.17, 15) is 15.0 Å². The lowest BCUT2D eigenvalue weighted by atomic mass is 9.89. The van der Waals surface area contributed by atoms with Crippen LogP contribution in [0, 0.1) is 0 Å². The van der Waals surface area contributed by atoms with Gasteiger partial charge in [-0.15, -0.1) is 0 Å². The van der Waals surface area contributed by atoms with Crippen LogP contribution in [0.25, 0.3) is 21.9 Å². The maximum atomic E-state index is 11.8. The highest BCUT2D eigenvalue weighted by molar-refractivity contribution is 6.09. The van der Waals surface area contributed by atoms with Crippen LogP contribution in [0.4, 0.5) is 0 Å². The van der Waals surface area contributed by atoms with E-state index in [1.54, 1.807) is 30.3 Å². The molecule has 0 fully saturated rings. The van der Waals surface area contributed by atoms with Crippen LogP contribution in [0.15, 0.2) is 36.4 Å². The van der Waals surface area contributed by atoms with Crippen LogP contribution in [0.2, 0.25) is 0 Å². The third-order valence-corrected chi connectivity index (χ3v) is 4.80. The van der Waals surface area contributed by atoms with E-state index < -0.39 is 12.6 Å². The summed E-state index contributed by atoms with van der Waals surface area (Å²) >= 11 is 0. The molecular formula is C20H14O7. The van der Waals surface area contributed by atoms with E-state index in [1.165, 1.54) is 0 Å². The quantitative estimate of drug-likeness (QED) is 0.735. The molecule has 7 heteroatoms. The highest BCUT2D eigenvalue weighted by atomic mass is 16.7. The minimum Gasteiger partial charge on any atom is -0.478 e. The van der Waals surface area contributed by atoms with Gasteiger partial charge in [0.2, 0.25) is 13.6 Å². The highest BCUT2D eigenvalue weighted by Crippen LogP contribution is 2.47. The first-order valence-electron chi connectivity index (χ1n) is 8.29. The molecule has 2 aliphatic heterocycles. The van der Waals surface area contributed by atoms with Gasteiger partial charge in [-0.05, 0) is 40.8 Å². The Balaban J connectivity index is 1.90. The number of aliphatic hydroxyl groups excluding tert-OH is 1. The van der Waals surface area contributed by atoms with Crippen molar-refractivity contribution in [3.63, 3.8) is 0 Å².